The van der Waals surface area contributed by atoms with Crippen molar-refractivity contribution < 1.29 is 0 Å². The van der Waals surface area contributed by atoms with Gasteiger partial charge in [0.15, 0.2) is 0 Å². The molecule has 3 rings (SSSR count). The topological polar surface area (TPSA) is 23.8 Å². The SMILES string of the molecule is CCCCCC[C@H]1CC[C@H]([C@H]2CC[C@H](C3CCCC(C#N)(CCCCC)C3)CC2)CC1. The Morgan fingerprint density at radius 3 is 1.87 bits per heavy atom. The van der Waals surface area contributed by atoms with Gasteiger partial charge in [0.2, 0.25) is 0 Å². The van der Waals surface area contributed by atoms with Crippen molar-refractivity contribution in [1.29, 1.82) is 5.26 Å². The van der Waals surface area contributed by atoms with Crippen molar-refractivity contribution in [1.82, 2.24) is 0 Å². The molecule has 1 nitrogen and oxygen atoms in total. The highest BCUT2D eigenvalue weighted by atomic mass is 14.5. The largest absolute Gasteiger partial charge is 0.198 e. The van der Waals surface area contributed by atoms with Gasteiger partial charge in [0.05, 0.1) is 11.5 Å². The van der Waals surface area contributed by atoms with E-state index in [1.165, 1.54) is 135 Å². The molecule has 0 radical (unpaired) electrons. The summed E-state index contributed by atoms with van der Waals surface area (Å²) in [7, 11) is 0. The second-order valence-electron chi connectivity index (χ2n) is 12.0. The van der Waals surface area contributed by atoms with Crippen LogP contribution in [0.1, 0.15) is 149 Å². The van der Waals surface area contributed by atoms with Crippen LogP contribution in [0.2, 0.25) is 0 Å². The van der Waals surface area contributed by atoms with E-state index in [0.29, 0.717) is 0 Å². The van der Waals surface area contributed by atoms with Gasteiger partial charge in [0.25, 0.3) is 0 Å². The lowest BCUT2D eigenvalue weighted by Crippen LogP contribution is -2.34. The van der Waals surface area contributed by atoms with Crippen LogP contribution in [-0.2, 0) is 0 Å². The van der Waals surface area contributed by atoms with Crippen LogP contribution in [0, 0.1) is 46.3 Å². The number of rotatable bonds is 11. The zero-order valence-electron chi connectivity index (χ0n) is 21.2. The molecular weight excluding hydrogens is 374 g/mol. The van der Waals surface area contributed by atoms with E-state index >= 15 is 0 Å². The third-order valence-corrected chi connectivity index (χ3v) is 9.89. The van der Waals surface area contributed by atoms with Crippen molar-refractivity contribution in [2.75, 3.05) is 0 Å². The fourth-order valence-corrected chi connectivity index (χ4v) is 7.80. The van der Waals surface area contributed by atoms with Gasteiger partial charge in [0, 0.05) is 0 Å². The normalized spacial score (nSPS) is 36.7. The van der Waals surface area contributed by atoms with Crippen molar-refractivity contribution in [3.8, 4) is 6.07 Å². The summed E-state index contributed by atoms with van der Waals surface area (Å²) < 4.78 is 0. The average Bonchev–Trinajstić information content (AvgIpc) is 2.83. The number of nitrogens with zero attached hydrogens (tertiary/aromatic N) is 1. The van der Waals surface area contributed by atoms with Gasteiger partial charge < -0.3 is 0 Å². The molecule has 0 bridgehead atoms. The molecule has 2 atom stereocenters. The van der Waals surface area contributed by atoms with E-state index < -0.39 is 0 Å². The molecule has 0 spiro atoms. The lowest BCUT2D eigenvalue weighted by molar-refractivity contribution is 0.0813. The Hall–Kier alpha value is -0.510. The fourth-order valence-electron chi connectivity index (χ4n) is 7.80. The molecular formula is C30H53N. The van der Waals surface area contributed by atoms with E-state index in [1.54, 1.807) is 0 Å². The average molecular weight is 428 g/mol. The lowest BCUT2D eigenvalue weighted by Gasteiger charge is -2.43. The highest BCUT2D eigenvalue weighted by molar-refractivity contribution is 5.03. The van der Waals surface area contributed by atoms with Gasteiger partial charge in [0.1, 0.15) is 0 Å². The molecule has 178 valence electrons. The quantitative estimate of drug-likeness (QED) is 0.301. The van der Waals surface area contributed by atoms with E-state index in [2.05, 4.69) is 19.9 Å². The van der Waals surface area contributed by atoms with Crippen molar-refractivity contribution in [2.24, 2.45) is 35.0 Å². The van der Waals surface area contributed by atoms with E-state index in [0.717, 1.165) is 29.6 Å². The molecule has 31 heavy (non-hydrogen) atoms. The predicted molar refractivity (Wildman–Crippen MR) is 134 cm³/mol. The third-order valence-electron chi connectivity index (χ3n) is 9.89. The monoisotopic (exact) mass is 427 g/mol. The van der Waals surface area contributed by atoms with Crippen molar-refractivity contribution in [2.45, 2.75) is 149 Å². The van der Waals surface area contributed by atoms with Gasteiger partial charge >= 0.3 is 0 Å². The van der Waals surface area contributed by atoms with Crippen LogP contribution in [0.5, 0.6) is 0 Å². The molecule has 0 saturated heterocycles. The first-order chi connectivity index (χ1) is 15.2. The highest BCUT2D eigenvalue weighted by Crippen LogP contribution is 2.50. The van der Waals surface area contributed by atoms with Gasteiger partial charge in [-0.05, 0) is 87.4 Å². The Balaban J connectivity index is 1.38. The minimum absolute atomic E-state index is 0.0322. The smallest absolute Gasteiger partial charge is 0.0689 e. The predicted octanol–water partition coefficient (Wildman–Crippen LogP) is 9.85. The summed E-state index contributed by atoms with van der Waals surface area (Å²) in [4.78, 5) is 0. The van der Waals surface area contributed by atoms with Crippen LogP contribution in [-0.4, -0.2) is 0 Å². The maximum Gasteiger partial charge on any atom is 0.0689 e. The van der Waals surface area contributed by atoms with Crippen LogP contribution >= 0.6 is 0 Å². The van der Waals surface area contributed by atoms with E-state index in [-0.39, 0.29) is 5.41 Å². The molecule has 0 aliphatic heterocycles. The van der Waals surface area contributed by atoms with Gasteiger partial charge in [-0.25, -0.2) is 0 Å². The molecule has 0 aromatic heterocycles. The zero-order chi connectivity index (χ0) is 21.9. The first kappa shape index (κ1) is 25.1. The maximum atomic E-state index is 10.0. The number of hydrogen-bond acceptors (Lipinski definition) is 1. The molecule has 0 amide bonds. The van der Waals surface area contributed by atoms with Crippen LogP contribution < -0.4 is 0 Å². The van der Waals surface area contributed by atoms with Crippen LogP contribution in [0.4, 0.5) is 0 Å². The molecule has 0 aromatic rings. The van der Waals surface area contributed by atoms with Crippen LogP contribution in [0.15, 0.2) is 0 Å². The van der Waals surface area contributed by atoms with Crippen molar-refractivity contribution in [3.63, 3.8) is 0 Å². The molecule has 3 aliphatic carbocycles. The van der Waals surface area contributed by atoms with Crippen LogP contribution in [0.3, 0.4) is 0 Å². The van der Waals surface area contributed by atoms with Gasteiger partial charge in [-0.2, -0.15) is 5.26 Å². The summed E-state index contributed by atoms with van der Waals surface area (Å²) in [5, 5.41) is 10.0. The second-order valence-corrected chi connectivity index (χ2v) is 12.0. The molecule has 0 heterocycles. The summed E-state index contributed by atoms with van der Waals surface area (Å²) in [6, 6.07) is 2.83. The maximum absolute atomic E-state index is 10.0. The summed E-state index contributed by atoms with van der Waals surface area (Å²) >= 11 is 0. The number of unbranched alkanes of at least 4 members (excludes halogenated alkanes) is 5. The van der Waals surface area contributed by atoms with Crippen molar-refractivity contribution >= 4 is 0 Å². The summed E-state index contributed by atoms with van der Waals surface area (Å²) in [5.41, 5.74) is 0.0322. The third kappa shape index (κ3) is 7.51. The Kier molecular flexibility index (Phi) is 10.7. The van der Waals surface area contributed by atoms with Gasteiger partial charge in [-0.15, -0.1) is 0 Å². The Labute approximate surface area is 195 Å². The summed E-state index contributed by atoms with van der Waals surface area (Å²) in [6.07, 6.45) is 29.5. The minimum Gasteiger partial charge on any atom is -0.198 e. The molecule has 2 unspecified atom stereocenters. The highest BCUT2D eigenvalue weighted by Gasteiger charge is 2.40. The molecule has 0 N–H and O–H groups in total. The summed E-state index contributed by atoms with van der Waals surface area (Å²) in [6.45, 7) is 4.60. The Morgan fingerprint density at radius 1 is 0.677 bits per heavy atom. The number of nitriles is 1. The van der Waals surface area contributed by atoms with Crippen molar-refractivity contribution in [3.05, 3.63) is 0 Å². The van der Waals surface area contributed by atoms with Gasteiger partial charge in [-0.1, -0.05) is 90.9 Å². The first-order valence-corrected chi connectivity index (χ1v) is 14.6. The second kappa shape index (κ2) is 13.3. The van der Waals surface area contributed by atoms with Gasteiger partial charge in [-0.3, -0.25) is 0 Å². The Morgan fingerprint density at radius 2 is 1.26 bits per heavy atom. The molecule has 3 aliphatic rings. The van der Waals surface area contributed by atoms with E-state index in [9.17, 15) is 5.26 Å². The molecule has 3 saturated carbocycles. The van der Waals surface area contributed by atoms with E-state index in [4.69, 9.17) is 0 Å². The molecule has 0 aromatic carbocycles. The number of hydrogen-bond donors (Lipinski definition) is 0. The van der Waals surface area contributed by atoms with Crippen LogP contribution in [0.25, 0.3) is 0 Å². The minimum atomic E-state index is 0.0322. The van der Waals surface area contributed by atoms with E-state index in [1.807, 2.05) is 0 Å². The zero-order valence-corrected chi connectivity index (χ0v) is 21.2. The summed E-state index contributed by atoms with van der Waals surface area (Å²) in [5.74, 6) is 4.93. The lowest BCUT2D eigenvalue weighted by atomic mass is 9.61. The Bertz CT molecular complexity index is 517. The standard InChI is InChI=1S/C30H53N/c1-3-5-7-8-11-25-13-15-26(16-14-25)27-17-19-28(20-18-27)29-12-10-22-30(23-29,24-31)21-9-6-4-2/h25-29H,3-23H2,1-2H3/t25-,26-,27-,28-,29?,30?. The first-order valence-electron chi connectivity index (χ1n) is 14.6. The molecule has 1 heteroatoms. The fraction of sp³-hybridized carbons (Fsp3) is 0.967. The molecule has 3 fully saturated rings.